The van der Waals surface area contributed by atoms with Crippen molar-refractivity contribution in [3.05, 3.63) is 29.8 Å². The Kier molecular flexibility index (Phi) is 5.48. The summed E-state index contributed by atoms with van der Waals surface area (Å²) in [7, 11) is 1.68. The topological polar surface area (TPSA) is 41.9 Å². The van der Waals surface area contributed by atoms with Crippen molar-refractivity contribution < 1.29 is 14.6 Å². The van der Waals surface area contributed by atoms with E-state index in [0.717, 1.165) is 18.8 Å². The molecule has 0 bridgehead atoms. The minimum absolute atomic E-state index is 0.130. The number of methoxy groups -OCH3 is 1. The number of aliphatic hydroxyl groups is 1. The number of benzene rings is 1. The highest BCUT2D eigenvalue weighted by molar-refractivity contribution is 5.27. The van der Waals surface area contributed by atoms with E-state index in [2.05, 4.69) is 24.0 Å². The summed E-state index contributed by atoms with van der Waals surface area (Å²) in [6, 6.07) is 8.52. The molecule has 1 aliphatic heterocycles. The van der Waals surface area contributed by atoms with Crippen molar-refractivity contribution in [2.24, 2.45) is 5.41 Å². The highest BCUT2D eigenvalue weighted by Crippen LogP contribution is 2.27. The number of nitrogens with zero attached hydrogens (tertiary/aromatic N) is 1. The van der Waals surface area contributed by atoms with Crippen LogP contribution in [0.4, 0.5) is 0 Å². The fourth-order valence-electron chi connectivity index (χ4n) is 2.77. The fourth-order valence-corrected chi connectivity index (χ4v) is 2.77. The Morgan fingerprint density at radius 3 is 2.50 bits per heavy atom. The van der Waals surface area contributed by atoms with Crippen LogP contribution < -0.4 is 4.74 Å². The number of hydrogen-bond donors (Lipinski definition) is 1. The summed E-state index contributed by atoms with van der Waals surface area (Å²) in [5.74, 6) is 0.875. The van der Waals surface area contributed by atoms with Gasteiger partial charge >= 0.3 is 0 Å². The highest BCUT2D eigenvalue weighted by atomic mass is 16.5. The molecule has 1 aromatic rings. The summed E-state index contributed by atoms with van der Waals surface area (Å²) in [6.45, 7) is 10.6. The fraction of sp³-hybridized carbons (Fsp3) is 0.667. The van der Waals surface area contributed by atoms with E-state index < -0.39 is 6.10 Å². The standard InChI is InChI=1S/C18H29NO3/c1-13-12-22-16(17(20)18(2,3)4)11-19(13)10-14-6-8-15(21-5)9-7-14/h6-9,13,16-17,20H,10-12H2,1-5H3/t13-,16+,17?/m0/s1. The van der Waals surface area contributed by atoms with Crippen molar-refractivity contribution in [2.45, 2.75) is 52.5 Å². The van der Waals surface area contributed by atoms with Crippen molar-refractivity contribution >= 4 is 0 Å². The molecule has 0 amide bonds. The summed E-state index contributed by atoms with van der Waals surface area (Å²) >= 11 is 0. The Balaban J connectivity index is 2.02. The first-order chi connectivity index (χ1) is 10.3. The van der Waals surface area contributed by atoms with Crippen molar-refractivity contribution in [3.63, 3.8) is 0 Å². The van der Waals surface area contributed by atoms with Crippen LogP contribution in [0, 0.1) is 5.41 Å². The van der Waals surface area contributed by atoms with Crippen molar-refractivity contribution in [1.82, 2.24) is 4.90 Å². The van der Waals surface area contributed by atoms with Gasteiger partial charge in [-0.1, -0.05) is 32.9 Å². The molecule has 1 aromatic carbocycles. The monoisotopic (exact) mass is 307 g/mol. The molecular weight excluding hydrogens is 278 g/mol. The van der Waals surface area contributed by atoms with Gasteiger partial charge in [-0.25, -0.2) is 0 Å². The third kappa shape index (κ3) is 4.22. The molecule has 1 heterocycles. The zero-order valence-electron chi connectivity index (χ0n) is 14.4. The van der Waals surface area contributed by atoms with Gasteiger partial charge in [-0.2, -0.15) is 0 Å². The van der Waals surface area contributed by atoms with Gasteiger partial charge in [0.15, 0.2) is 0 Å². The summed E-state index contributed by atoms with van der Waals surface area (Å²) in [6.07, 6.45) is -0.590. The van der Waals surface area contributed by atoms with Gasteiger partial charge in [0.2, 0.25) is 0 Å². The predicted molar refractivity (Wildman–Crippen MR) is 88.1 cm³/mol. The van der Waals surface area contributed by atoms with E-state index in [0.29, 0.717) is 12.6 Å². The number of aliphatic hydroxyl groups excluding tert-OH is 1. The second kappa shape index (κ2) is 6.99. The minimum atomic E-state index is -0.460. The molecule has 2 rings (SSSR count). The van der Waals surface area contributed by atoms with Crippen LogP contribution in [0.3, 0.4) is 0 Å². The Labute approximate surface area is 134 Å². The van der Waals surface area contributed by atoms with Crippen LogP contribution in [0.2, 0.25) is 0 Å². The molecule has 1 saturated heterocycles. The van der Waals surface area contributed by atoms with Gasteiger partial charge in [-0.3, -0.25) is 4.90 Å². The molecule has 0 saturated carbocycles. The molecule has 0 aliphatic carbocycles. The maximum atomic E-state index is 10.5. The first-order valence-corrected chi connectivity index (χ1v) is 7.98. The van der Waals surface area contributed by atoms with Gasteiger partial charge in [-0.05, 0) is 30.0 Å². The van der Waals surface area contributed by atoms with E-state index in [4.69, 9.17) is 9.47 Å². The van der Waals surface area contributed by atoms with Gasteiger partial charge in [0.1, 0.15) is 5.75 Å². The van der Waals surface area contributed by atoms with Crippen molar-refractivity contribution in [2.75, 3.05) is 20.3 Å². The smallest absolute Gasteiger partial charge is 0.118 e. The number of hydrogen-bond acceptors (Lipinski definition) is 4. The van der Waals surface area contributed by atoms with Crippen LogP contribution in [-0.2, 0) is 11.3 Å². The Morgan fingerprint density at radius 2 is 1.95 bits per heavy atom. The lowest BCUT2D eigenvalue weighted by molar-refractivity contribution is -0.136. The summed E-state index contributed by atoms with van der Waals surface area (Å²) in [5.41, 5.74) is 1.08. The summed E-state index contributed by atoms with van der Waals surface area (Å²) in [4.78, 5) is 2.38. The van der Waals surface area contributed by atoms with Crippen LogP contribution in [0.1, 0.15) is 33.3 Å². The van der Waals surface area contributed by atoms with E-state index in [1.54, 1.807) is 7.11 Å². The van der Waals surface area contributed by atoms with Crippen molar-refractivity contribution in [1.29, 1.82) is 0 Å². The maximum Gasteiger partial charge on any atom is 0.118 e. The van der Waals surface area contributed by atoms with Crippen LogP contribution in [0.15, 0.2) is 24.3 Å². The van der Waals surface area contributed by atoms with Crippen LogP contribution in [-0.4, -0.2) is 48.5 Å². The van der Waals surface area contributed by atoms with Crippen LogP contribution >= 0.6 is 0 Å². The largest absolute Gasteiger partial charge is 0.497 e. The second-order valence-electron chi connectivity index (χ2n) is 7.31. The predicted octanol–water partition coefficient (Wildman–Crippen LogP) is 2.69. The van der Waals surface area contributed by atoms with E-state index in [9.17, 15) is 5.11 Å². The molecule has 0 radical (unpaired) electrons. The van der Waals surface area contributed by atoms with Gasteiger partial charge < -0.3 is 14.6 Å². The molecule has 1 aliphatic rings. The average Bonchev–Trinajstić information content (AvgIpc) is 2.48. The van der Waals surface area contributed by atoms with Gasteiger partial charge in [0.25, 0.3) is 0 Å². The lowest BCUT2D eigenvalue weighted by Gasteiger charge is -2.42. The maximum absolute atomic E-state index is 10.5. The first-order valence-electron chi connectivity index (χ1n) is 7.98. The van der Waals surface area contributed by atoms with Gasteiger partial charge in [0.05, 0.1) is 25.9 Å². The van der Waals surface area contributed by atoms with E-state index in [-0.39, 0.29) is 11.5 Å². The van der Waals surface area contributed by atoms with Crippen LogP contribution in [0.25, 0.3) is 0 Å². The molecular formula is C18H29NO3. The number of morpholine rings is 1. The number of rotatable bonds is 4. The lowest BCUT2D eigenvalue weighted by atomic mass is 9.85. The van der Waals surface area contributed by atoms with Crippen LogP contribution in [0.5, 0.6) is 5.75 Å². The molecule has 0 spiro atoms. The average molecular weight is 307 g/mol. The van der Waals surface area contributed by atoms with Gasteiger partial charge in [0, 0.05) is 19.1 Å². The summed E-state index contributed by atoms with van der Waals surface area (Å²) in [5, 5.41) is 10.5. The Bertz CT molecular complexity index is 466. The first kappa shape index (κ1) is 17.3. The third-order valence-corrected chi connectivity index (χ3v) is 4.37. The molecule has 1 N–H and O–H groups in total. The zero-order chi connectivity index (χ0) is 16.3. The molecule has 4 heteroatoms. The Hall–Kier alpha value is -1.10. The van der Waals surface area contributed by atoms with E-state index >= 15 is 0 Å². The lowest BCUT2D eigenvalue weighted by Crippen LogP contribution is -2.54. The normalized spacial score (nSPS) is 25.0. The minimum Gasteiger partial charge on any atom is -0.497 e. The molecule has 22 heavy (non-hydrogen) atoms. The van der Waals surface area contributed by atoms with Gasteiger partial charge in [-0.15, -0.1) is 0 Å². The quantitative estimate of drug-likeness (QED) is 0.928. The molecule has 3 atom stereocenters. The molecule has 1 unspecified atom stereocenters. The molecule has 4 nitrogen and oxygen atoms in total. The Morgan fingerprint density at radius 1 is 1.32 bits per heavy atom. The second-order valence-corrected chi connectivity index (χ2v) is 7.31. The van der Waals surface area contributed by atoms with E-state index in [1.165, 1.54) is 5.56 Å². The third-order valence-electron chi connectivity index (χ3n) is 4.37. The summed E-state index contributed by atoms with van der Waals surface area (Å²) < 4.78 is 11.1. The highest BCUT2D eigenvalue weighted by Gasteiger charge is 2.36. The van der Waals surface area contributed by atoms with Crippen molar-refractivity contribution in [3.8, 4) is 5.75 Å². The SMILES string of the molecule is COc1ccc(CN2C[C@H](C(O)C(C)(C)C)OC[C@@H]2C)cc1. The van der Waals surface area contributed by atoms with E-state index in [1.807, 2.05) is 32.9 Å². The zero-order valence-corrected chi connectivity index (χ0v) is 14.4. The number of ether oxygens (including phenoxy) is 2. The molecule has 1 fully saturated rings. The molecule has 0 aromatic heterocycles. The molecule has 124 valence electrons.